The topological polar surface area (TPSA) is 64.4 Å². The predicted molar refractivity (Wildman–Crippen MR) is 108 cm³/mol. The molecule has 0 unspecified atom stereocenters. The third-order valence-electron chi connectivity index (χ3n) is 4.47. The number of anilines is 1. The number of nitrogens with one attached hydrogen (secondary N) is 1. The van der Waals surface area contributed by atoms with Gasteiger partial charge in [-0.2, -0.15) is 0 Å². The van der Waals surface area contributed by atoms with Crippen LogP contribution in [0.25, 0.3) is 16.5 Å². The van der Waals surface area contributed by atoms with Gasteiger partial charge in [-0.1, -0.05) is 0 Å². The molecule has 0 aliphatic heterocycles. The summed E-state index contributed by atoms with van der Waals surface area (Å²) in [6, 6.07) is 5.74. The van der Waals surface area contributed by atoms with E-state index in [1.165, 1.54) is 0 Å². The van der Waals surface area contributed by atoms with Gasteiger partial charge in [0.05, 0.1) is 12.9 Å². The number of carbonyl (C=O) groups excluding carboxylic acids is 1. The maximum absolute atomic E-state index is 12.5. The Balaban J connectivity index is 1.99. The highest BCUT2D eigenvalue weighted by molar-refractivity contribution is 6.04. The van der Waals surface area contributed by atoms with Crippen LogP contribution in [0.1, 0.15) is 36.1 Å². The molecule has 0 aliphatic rings. The third-order valence-corrected chi connectivity index (χ3v) is 4.47. The molecule has 1 N–H and O–H groups in total. The number of hydrogen-bond donors (Lipinski definition) is 1. The Morgan fingerprint density at radius 3 is 2.78 bits per heavy atom. The Hall–Kier alpha value is -3.08. The first-order valence-electron chi connectivity index (χ1n) is 8.97. The summed E-state index contributed by atoms with van der Waals surface area (Å²) in [5.41, 5.74) is 5.55. The molecule has 0 spiro atoms. The lowest BCUT2D eigenvalue weighted by Gasteiger charge is -2.14. The summed E-state index contributed by atoms with van der Waals surface area (Å²) in [5, 5.41) is 3.83. The highest BCUT2D eigenvalue weighted by Gasteiger charge is 2.17. The van der Waals surface area contributed by atoms with Crippen LogP contribution in [0.4, 0.5) is 5.82 Å². The van der Waals surface area contributed by atoms with Crippen molar-refractivity contribution < 1.29 is 13.9 Å². The molecule has 3 aromatic rings. The van der Waals surface area contributed by atoms with Gasteiger partial charge < -0.3 is 14.5 Å². The smallest absolute Gasteiger partial charge is 0.249 e. The molecule has 5 heteroatoms. The van der Waals surface area contributed by atoms with Crippen molar-refractivity contribution in [1.82, 2.24) is 4.98 Å². The molecule has 0 bridgehead atoms. The van der Waals surface area contributed by atoms with E-state index in [1.807, 2.05) is 52.8 Å². The van der Waals surface area contributed by atoms with Crippen molar-refractivity contribution in [3.8, 4) is 5.75 Å². The van der Waals surface area contributed by atoms with Crippen LogP contribution in [0, 0.1) is 20.8 Å². The van der Waals surface area contributed by atoms with Crippen molar-refractivity contribution in [3.63, 3.8) is 0 Å². The zero-order valence-corrected chi connectivity index (χ0v) is 16.3. The largest absolute Gasteiger partial charge is 0.493 e. The molecule has 140 valence electrons. The molecular weight excluding hydrogens is 340 g/mol. The van der Waals surface area contributed by atoms with Crippen LogP contribution in [-0.2, 0) is 4.79 Å². The summed E-state index contributed by atoms with van der Waals surface area (Å²) in [4.78, 5) is 16.6. The fraction of sp³-hybridized carbons (Fsp3) is 0.273. The van der Waals surface area contributed by atoms with Gasteiger partial charge >= 0.3 is 0 Å². The Morgan fingerprint density at radius 1 is 1.30 bits per heavy atom. The van der Waals surface area contributed by atoms with Gasteiger partial charge in [-0.3, -0.25) is 4.79 Å². The molecule has 0 aliphatic carbocycles. The van der Waals surface area contributed by atoms with E-state index in [1.54, 1.807) is 18.5 Å². The van der Waals surface area contributed by atoms with E-state index in [4.69, 9.17) is 9.15 Å². The average Bonchev–Trinajstić information content (AvgIpc) is 2.98. The van der Waals surface area contributed by atoms with Crippen molar-refractivity contribution in [2.45, 2.75) is 34.6 Å². The number of benzene rings is 1. The first kappa shape index (κ1) is 18.7. The quantitative estimate of drug-likeness (QED) is 0.633. The molecule has 2 aromatic heterocycles. The first-order valence-corrected chi connectivity index (χ1v) is 8.97. The SMILES string of the molecule is CCOc1c(/C(C)=C/C(=O)Nc2cc(C)ccn2)cc2c(C)coc2c1C. The van der Waals surface area contributed by atoms with Gasteiger partial charge in [-0.15, -0.1) is 0 Å². The first-order chi connectivity index (χ1) is 12.9. The summed E-state index contributed by atoms with van der Waals surface area (Å²) < 4.78 is 11.6. The number of amides is 1. The van der Waals surface area contributed by atoms with Crippen LogP contribution in [0.3, 0.4) is 0 Å². The van der Waals surface area contributed by atoms with Gasteiger partial charge in [0.15, 0.2) is 0 Å². The monoisotopic (exact) mass is 364 g/mol. The van der Waals surface area contributed by atoms with Crippen LogP contribution < -0.4 is 10.1 Å². The molecule has 1 amide bonds. The van der Waals surface area contributed by atoms with E-state index in [0.717, 1.165) is 44.5 Å². The number of aromatic nitrogens is 1. The van der Waals surface area contributed by atoms with Gasteiger partial charge in [0.25, 0.3) is 0 Å². The maximum Gasteiger partial charge on any atom is 0.249 e. The standard InChI is InChI=1S/C22H24N2O3/c1-6-26-21-16(5)22-18(15(4)12-27-22)11-17(21)14(3)10-20(25)24-19-9-13(2)7-8-23-19/h7-12H,6H2,1-5H3,(H,23,24,25)/b14-10+. The Bertz CT molecular complexity index is 1030. The number of aryl methyl sites for hydroxylation is 3. The number of ether oxygens (including phenoxy) is 1. The summed E-state index contributed by atoms with van der Waals surface area (Å²) in [5.74, 6) is 1.05. The highest BCUT2D eigenvalue weighted by atomic mass is 16.5. The lowest BCUT2D eigenvalue weighted by molar-refractivity contribution is -0.111. The lowest BCUT2D eigenvalue weighted by Crippen LogP contribution is -2.10. The van der Waals surface area contributed by atoms with Crippen molar-refractivity contribution in [1.29, 1.82) is 0 Å². The Labute approximate surface area is 159 Å². The number of pyridine rings is 1. The van der Waals surface area contributed by atoms with Gasteiger partial charge in [0.2, 0.25) is 5.91 Å². The van der Waals surface area contributed by atoms with E-state index in [2.05, 4.69) is 10.3 Å². The minimum Gasteiger partial charge on any atom is -0.493 e. The van der Waals surface area contributed by atoms with E-state index in [9.17, 15) is 4.79 Å². The number of allylic oxidation sites excluding steroid dienone is 1. The third kappa shape index (κ3) is 3.87. The minimum atomic E-state index is -0.227. The van der Waals surface area contributed by atoms with Crippen LogP contribution in [-0.4, -0.2) is 17.5 Å². The van der Waals surface area contributed by atoms with Gasteiger partial charge in [0.1, 0.15) is 17.2 Å². The van der Waals surface area contributed by atoms with Crippen molar-refractivity contribution in [3.05, 3.63) is 59.0 Å². The number of carbonyl (C=O) groups is 1. The maximum atomic E-state index is 12.5. The molecule has 5 nitrogen and oxygen atoms in total. The predicted octanol–water partition coefficient (Wildman–Crippen LogP) is 5.19. The van der Waals surface area contributed by atoms with Gasteiger partial charge in [0, 0.05) is 28.8 Å². The van der Waals surface area contributed by atoms with Crippen LogP contribution in [0.5, 0.6) is 5.75 Å². The summed E-state index contributed by atoms with van der Waals surface area (Å²) in [7, 11) is 0. The van der Waals surface area contributed by atoms with Crippen molar-refractivity contribution in [2.24, 2.45) is 0 Å². The second-order valence-corrected chi connectivity index (χ2v) is 6.64. The van der Waals surface area contributed by atoms with Crippen LogP contribution in [0.15, 0.2) is 41.2 Å². The fourth-order valence-electron chi connectivity index (χ4n) is 3.10. The van der Waals surface area contributed by atoms with E-state index >= 15 is 0 Å². The molecule has 2 heterocycles. The van der Waals surface area contributed by atoms with E-state index < -0.39 is 0 Å². The molecular formula is C22H24N2O3. The fourth-order valence-corrected chi connectivity index (χ4v) is 3.10. The van der Waals surface area contributed by atoms with Crippen molar-refractivity contribution >= 4 is 28.3 Å². The normalized spacial score (nSPS) is 11.7. The summed E-state index contributed by atoms with van der Waals surface area (Å²) >= 11 is 0. The number of nitrogens with zero attached hydrogens (tertiary/aromatic N) is 1. The molecule has 0 fully saturated rings. The minimum absolute atomic E-state index is 0.227. The molecule has 3 rings (SSSR count). The second-order valence-electron chi connectivity index (χ2n) is 6.64. The highest BCUT2D eigenvalue weighted by Crippen LogP contribution is 2.37. The molecule has 27 heavy (non-hydrogen) atoms. The van der Waals surface area contributed by atoms with Gasteiger partial charge in [-0.25, -0.2) is 4.98 Å². The second kappa shape index (κ2) is 7.66. The number of fused-ring (bicyclic) bond motifs is 1. The van der Waals surface area contributed by atoms with Gasteiger partial charge in [-0.05, 0) is 69.5 Å². The Morgan fingerprint density at radius 2 is 2.07 bits per heavy atom. The van der Waals surface area contributed by atoms with E-state index in [-0.39, 0.29) is 5.91 Å². The summed E-state index contributed by atoms with van der Waals surface area (Å²) in [6.07, 6.45) is 4.99. The lowest BCUT2D eigenvalue weighted by atomic mass is 9.98. The molecule has 0 saturated carbocycles. The zero-order chi connectivity index (χ0) is 19.6. The molecule has 0 atom stereocenters. The Kier molecular flexibility index (Phi) is 5.31. The van der Waals surface area contributed by atoms with Crippen LogP contribution >= 0.6 is 0 Å². The van der Waals surface area contributed by atoms with E-state index in [0.29, 0.717) is 12.4 Å². The average molecular weight is 364 g/mol. The van der Waals surface area contributed by atoms with Crippen LogP contribution in [0.2, 0.25) is 0 Å². The van der Waals surface area contributed by atoms with Crippen molar-refractivity contribution in [2.75, 3.05) is 11.9 Å². The zero-order valence-electron chi connectivity index (χ0n) is 16.3. The summed E-state index contributed by atoms with van der Waals surface area (Å²) in [6.45, 7) is 10.3. The number of rotatable bonds is 5. The number of furan rings is 1. The molecule has 0 saturated heterocycles. The molecule has 0 radical (unpaired) electrons. The number of hydrogen-bond acceptors (Lipinski definition) is 4. The molecule has 1 aromatic carbocycles.